The highest BCUT2D eigenvalue weighted by atomic mass is 19.1. The van der Waals surface area contributed by atoms with Gasteiger partial charge in [-0.05, 0) is 31.2 Å². The van der Waals surface area contributed by atoms with Gasteiger partial charge in [-0.3, -0.25) is 14.4 Å². The molecule has 2 amide bonds. The summed E-state index contributed by atoms with van der Waals surface area (Å²) >= 11 is 0. The highest BCUT2D eigenvalue weighted by molar-refractivity contribution is 6.43. The Morgan fingerprint density at radius 3 is 2.04 bits per heavy atom. The fourth-order valence-electron chi connectivity index (χ4n) is 1.79. The summed E-state index contributed by atoms with van der Waals surface area (Å²) in [4.78, 5) is 34.7. The van der Waals surface area contributed by atoms with Crippen molar-refractivity contribution in [3.63, 3.8) is 0 Å². The second kappa shape index (κ2) is 6.78. The molecule has 7 heteroatoms. The third-order valence-corrected chi connectivity index (χ3v) is 2.93. The molecular formula is C16H12F2N2O3. The Balaban J connectivity index is 2.10. The van der Waals surface area contributed by atoms with Crippen LogP contribution in [0, 0.1) is 11.6 Å². The van der Waals surface area contributed by atoms with Gasteiger partial charge in [0.25, 0.3) is 0 Å². The van der Waals surface area contributed by atoms with E-state index in [1.54, 1.807) is 6.07 Å². The number of amides is 2. The third kappa shape index (κ3) is 3.97. The van der Waals surface area contributed by atoms with Crippen LogP contribution in [0.5, 0.6) is 0 Å². The topological polar surface area (TPSA) is 75.3 Å². The van der Waals surface area contributed by atoms with Crippen molar-refractivity contribution in [2.75, 3.05) is 10.6 Å². The molecular weight excluding hydrogens is 306 g/mol. The minimum Gasteiger partial charge on any atom is -0.318 e. The van der Waals surface area contributed by atoms with Crippen LogP contribution in [0.15, 0.2) is 42.5 Å². The van der Waals surface area contributed by atoms with Gasteiger partial charge in [-0.25, -0.2) is 8.78 Å². The number of carbonyl (C=O) groups excluding carboxylic acids is 3. The van der Waals surface area contributed by atoms with Crippen LogP contribution in [0.1, 0.15) is 17.3 Å². The van der Waals surface area contributed by atoms with E-state index >= 15 is 0 Å². The maximum atomic E-state index is 13.4. The lowest BCUT2D eigenvalue weighted by Gasteiger charge is -2.08. The van der Waals surface area contributed by atoms with Crippen LogP contribution in [-0.2, 0) is 9.59 Å². The fraction of sp³-hybridized carbons (Fsp3) is 0.0625. The van der Waals surface area contributed by atoms with Crippen molar-refractivity contribution < 1.29 is 23.2 Å². The molecule has 0 aliphatic heterocycles. The van der Waals surface area contributed by atoms with Crippen molar-refractivity contribution in [1.29, 1.82) is 0 Å². The Bertz CT molecular complexity index is 770. The lowest BCUT2D eigenvalue weighted by molar-refractivity contribution is -0.133. The number of para-hydroxylation sites is 1. The molecule has 0 spiro atoms. The van der Waals surface area contributed by atoms with Crippen LogP contribution >= 0.6 is 0 Å². The summed E-state index contributed by atoms with van der Waals surface area (Å²) in [5.41, 5.74) is -0.139. The summed E-state index contributed by atoms with van der Waals surface area (Å²) in [6.07, 6.45) is 0. The first-order valence-corrected chi connectivity index (χ1v) is 6.56. The van der Waals surface area contributed by atoms with Crippen molar-refractivity contribution >= 4 is 29.0 Å². The number of Topliss-reactive ketones (excluding diaryl/α,β-unsaturated/α-hetero) is 1. The maximum absolute atomic E-state index is 13.4. The smallest absolute Gasteiger partial charge is 0.314 e. The minimum absolute atomic E-state index is 0.209. The van der Waals surface area contributed by atoms with Gasteiger partial charge in [-0.1, -0.05) is 18.2 Å². The predicted octanol–water partition coefficient (Wildman–Crippen LogP) is 2.74. The van der Waals surface area contributed by atoms with Crippen LogP contribution < -0.4 is 10.6 Å². The number of rotatable bonds is 3. The van der Waals surface area contributed by atoms with E-state index in [0.717, 1.165) is 18.2 Å². The molecule has 2 N–H and O–H groups in total. The average Bonchev–Trinajstić information content (AvgIpc) is 2.51. The van der Waals surface area contributed by atoms with Crippen LogP contribution in [0.25, 0.3) is 0 Å². The van der Waals surface area contributed by atoms with Crippen molar-refractivity contribution in [3.05, 3.63) is 59.7 Å². The van der Waals surface area contributed by atoms with E-state index in [4.69, 9.17) is 0 Å². The molecule has 0 aliphatic carbocycles. The van der Waals surface area contributed by atoms with E-state index in [2.05, 4.69) is 5.32 Å². The van der Waals surface area contributed by atoms with Gasteiger partial charge in [0.05, 0.1) is 0 Å². The van der Waals surface area contributed by atoms with Gasteiger partial charge < -0.3 is 10.6 Å². The lowest BCUT2D eigenvalue weighted by Crippen LogP contribution is -2.29. The molecule has 0 aliphatic rings. The van der Waals surface area contributed by atoms with Gasteiger partial charge in [-0.2, -0.15) is 0 Å². The van der Waals surface area contributed by atoms with Crippen molar-refractivity contribution in [3.8, 4) is 0 Å². The average molecular weight is 318 g/mol. The highest BCUT2D eigenvalue weighted by Gasteiger charge is 2.18. The van der Waals surface area contributed by atoms with E-state index in [1.165, 1.54) is 25.1 Å². The molecule has 2 rings (SSSR count). The van der Waals surface area contributed by atoms with Crippen LogP contribution in [0.3, 0.4) is 0 Å². The molecule has 2 aromatic rings. The Labute approximate surface area is 130 Å². The quantitative estimate of drug-likeness (QED) is 0.675. The zero-order chi connectivity index (χ0) is 17.0. The zero-order valence-corrected chi connectivity index (χ0v) is 12.0. The second-order valence-corrected chi connectivity index (χ2v) is 4.64. The zero-order valence-electron chi connectivity index (χ0n) is 12.0. The molecule has 0 radical (unpaired) electrons. The summed E-state index contributed by atoms with van der Waals surface area (Å²) in [7, 11) is 0. The molecule has 0 aromatic heterocycles. The molecule has 0 heterocycles. The molecule has 0 saturated heterocycles. The monoisotopic (exact) mass is 318 g/mol. The SMILES string of the molecule is CC(=O)c1cccc(NC(=O)C(=O)Nc2c(F)cccc2F)c1. The van der Waals surface area contributed by atoms with Gasteiger partial charge in [0.15, 0.2) is 5.78 Å². The number of carbonyl (C=O) groups is 3. The first-order chi connectivity index (χ1) is 10.9. The summed E-state index contributed by atoms with van der Waals surface area (Å²) in [5, 5.41) is 4.12. The Hall–Kier alpha value is -3.09. The maximum Gasteiger partial charge on any atom is 0.314 e. The number of hydrogen-bond acceptors (Lipinski definition) is 3. The normalized spacial score (nSPS) is 10.0. The number of anilines is 2. The number of benzene rings is 2. The van der Waals surface area contributed by atoms with Crippen LogP contribution in [0.4, 0.5) is 20.2 Å². The Morgan fingerprint density at radius 2 is 1.43 bits per heavy atom. The molecule has 0 atom stereocenters. The van der Waals surface area contributed by atoms with Crippen molar-refractivity contribution in [1.82, 2.24) is 0 Å². The summed E-state index contributed by atoms with van der Waals surface area (Å²) in [5.74, 6) is -4.55. The van der Waals surface area contributed by atoms with E-state index in [1.807, 2.05) is 5.32 Å². The van der Waals surface area contributed by atoms with Crippen LogP contribution in [-0.4, -0.2) is 17.6 Å². The first kappa shape index (κ1) is 16.3. The summed E-state index contributed by atoms with van der Waals surface area (Å²) < 4.78 is 26.8. The summed E-state index contributed by atoms with van der Waals surface area (Å²) in [6.45, 7) is 1.36. The van der Waals surface area contributed by atoms with Gasteiger partial charge in [0, 0.05) is 11.3 Å². The molecule has 118 valence electrons. The highest BCUT2D eigenvalue weighted by Crippen LogP contribution is 2.18. The van der Waals surface area contributed by atoms with Gasteiger partial charge in [0.1, 0.15) is 17.3 Å². The molecule has 23 heavy (non-hydrogen) atoms. The minimum atomic E-state index is -1.23. The van der Waals surface area contributed by atoms with E-state index in [9.17, 15) is 23.2 Å². The van der Waals surface area contributed by atoms with Crippen LogP contribution in [0.2, 0.25) is 0 Å². The number of ketones is 1. The lowest BCUT2D eigenvalue weighted by atomic mass is 10.1. The van der Waals surface area contributed by atoms with Gasteiger partial charge in [-0.15, -0.1) is 0 Å². The van der Waals surface area contributed by atoms with Crippen molar-refractivity contribution in [2.24, 2.45) is 0 Å². The molecule has 0 unspecified atom stereocenters. The molecule has 2 aromatic carbocycles. The number of hydrogen-bond donors (Lipinski definition) is 2. The molecule has 0 bridgehead atoms. The Kier molecular flexibility index (Phi) is 4.80. The number of nitrogens with one attached hydrogen (secondary N) is 2. The summed E-state index contributed by atoms with van der Waals surface area (Å²) in [6, 6.07) is 8.97. The standard InChI is InChI=1S/C16H12F2N2O3/c1-9(21)10-4-2-5-11(8-10)19-15(22)16(23)20-14-12(17)6-3-7-13(14)18/h2-8H,1H3,(H,19,22)(H,20,23). The molecule has 0 saturated carbocycles. The molecule has 5 nitrogen and oxygen atoms in total. The Morgan fingerprint density at radius 1 is 0.870 bits per heavy atom. The fourth-order valence-corrected chi connectivity index (χ4v) is 1.79. The predicted molar refractivity (Wildman–Crippen MR) is 80.1 cm³/mol. The van der Waals surface area contributed by atoms with E-state index in [-0.39, 0.29) is 11.5 Å². The third-order valence-electron chi connectivity index (χ3n) is 2.93. The molecule has 0 fully saturated rings. The van der Waals surface area contributed by atoms with E-state index < -0.39 is 29.1 Å². The number of halogens is 2. The van der Waals surface area contributed by atoms with Crippen molar-refractivity contribution in [2.45, 2.75) is 6.92 Å². The second-order valence-electron chi connectivity index (χ2n) is 4.64. The largest absolute Gasteiger partial charge is 0.318 e. The first-order valence-electron chi connectivity index (χ1n) is 6.56. The van der Waals surface area contributed by atoms with Gasteiger partial charge in [0.2, 0.25) is 0 Å². The van der Waals surface area contributed by atoms with E-state index in [0.29, 0.717) is 5.56 Å². The van der Waals surface area contributed by atoms with Gasteiger partial charge >= 0.3 is 11.8 Å².